The minimum Gasteiger partial charge on any atom is -0.454 e. The zero-order valence-corrected chi connectivity index (χ0v) is 15.7. The third-order valence-electron chi connectivity index (χ3n) is 4.11. The molecule has 0 unspecified atom stereocenters. The average molecular weight is 387 g/mol. The second-order valence-electron chi connectivity index (χ2n) is 6.04. The normalized spacial score (nSPS) is 12.3. The van der Waals surface area contributed by atoms with E-state index in [0.717, 1.165) is 11.1 Å². The summed E-state index contributed by atoms with van der Waals surface area (Å²) >= 11 is 6.14. The Morgan fingerprint density at radius 3 is 2.67 bits per heavy atom. The van der Waals surface area contributed by atoms with Gasteiger partial charge in [0.2, 0.25) is 12.7 Å². The summed E-state index contributed by atoms with van der Waals surface area (Å²) in [6, 6.07) is 10.6. The fourth-order valence-electron chi connectivity index (χ4n) is 2.64. The van der Waals surface area contributed by atoms with Gasteiger partial charge in [-0.3, -0.25) is 9.59 Å². The van der Waals surface area contributed by atoms with Gasteiger partial charge >= 0.3 is 0 Å². The van der Waals surface area contributed by atoms with Gasteiger partial charge < -0.3 is 19.7 Å². The Hall–Kier alpha value is -2.99. The second kappa shape index (κ2) is 8.14. The Kier molecular flexibility index (Phi) is 5.66. The predicted molar refractivity (Wildman–Crippen MR) is 103 cm³/mol. The summed E-state index contributed by atoms with van der Waals surface area (Å²) in [5, 5.41) is 3.02. The van der Waals surface area contributed by atoms with E-state index in [2.05, 4.69) is 5.32 Å². The summed E-state index contributed by atoms with van der Waals surface area (Å²) in [5.41, 5.74) is 2.26. The van der Waals surface area contributed by atoms with Gasteiger partial charge in [-0.25, -0.2) is 0 Å². The van der Waals surface area contributed by atoms with Crippen molar-refractivity contribution in [3.05, 3.63) is 64.2 Å². The molecule has 27 heavy (non-hydrogen) atoms. The van der Waals surface area contributed by atoms with Crippen molar-refractivity contribution in [3.8, 4) is 11.5 Å². The Morgan fingerprint density at radius 1 is 1.22 bits per heavy atom. The SMILES string of the molecule is CNC(=O)c1ccc(CN(C)C(=O)/C=C/c2cc(Cl)c3c(c2)OCO3)cc1. The lowest BCUT2D eigenvalue weighted by Crippen LogP contribution is -2.24. The summed E-state index contributed by atoms with van der Waals surface area (Å²) < 4.78 is 10.6. The van der Waals surface area contributed by atoms with Gasteiger partial charge in [0, 0.05) is 32.3 Å². The molecule has 2 aromatic rings. The first kappa shape index (κ1) is 18.8. The summed E-state index contributed by atoms with van der Waals surface area (Å²) in [6.45, 7) is 0.571. The molecular formula is C20H19ClN2O4. The minimum atomic E-state index is -0.154. The maximum atomic E-state index is 12.3. The molecule has 2 aromatic carbocycles. The van der Waals surface area contributed by atoms with Crippen LogP contribution in [-0.4, -0.2) is 37.6 Å². The number of rotatable bonds is 5. The number of halogens is 1. The van der Waals surface area contributed by atoms with Crippen LogP contribution in [0.15, 0.2) is 42.5 Å². The van der Waals surface area contributed by atoms with Crippen LogP contribution in [0.2, 0.25) is 5.02 Å². The summed E-state index contributed by atoms with van der Waals surface area (Å²) in [7, 11) is 3.30. The van der Waals surface area contributed by atoms with Crippen LogP contribution in [0.1, 0.15) is 21.5 Å². The molecule has 7 heteroatoms. The Bertz CT molecular complexity index is 894. The first-order valence-corrected chi connectivity index (χ1v) is 8.69. The fraction of sp³-hybridized carbons (Fsp3) is 0.200. The molecular weight excluding hydrogens is 368 g/mol. The number of fused-ring (bicyclic) bond motifs is 1. The molecule has 6 nitrogen and oxygen atoms in total. The molecule has 2 amide bonds. The number of ether oxygens (including phenoxy) is 2. The zero-order chi connectivity index (χ0) is 19.4. The maximum Gasteiger partial charge on any atom is 0.251 e. The van der Waals surface area contributed by atoms with Crippen molar-refractivity contribution < 1.29 is 19.1 Å². The van der Waals surface area contributed by atoms with E-state index in [9.17, 15) is 9.59 Å². The molecule has 0 bridgehead atoms. The van der Waals surface area contributed by atoms with Gasteiger partial charge in [0.15, 0.2) is 11.5 Å². The van der Waals surface area contributed by atoms with Gasteiger partial charge in [-0.2, -0.15) is 0 Å². The molecule has 0 spiro atoms. The van der Waals surface area contributed by atoms with E-state index >= 15 is 0 Å². The fourth-order valence-corrected chi connectivity index (χ4v) is 2.91. The Morgan fingerprint density at radius 2 is 1.96 bits per heavy atom. The van der Waals surface area contributed by atoms with Crippen LogP contribution < -0.4 is 14.8 Å². The van der Waals surface area contributed by atoms with Crippen LogP contribution in [0.25, 0.3) is 6.08 Å². The monoisotopic (exact) mass is 386 g/mol. The van der Waals surface area contributed by atoms with Gasteiger partial charge in [-0.15, -0.1) is 0 Å². The number of hydrogen-bond acceptors (Lipinski definition) is 4. The van der Waals surface area contributed by atoms with Crippen LogP contribution in [0.3, 0.4) is 0 Å². The van der Waals surface area contributed by atoms with Crippen molar-refractivity contribution in [2.45, 2.75) is 6.54 Å². The lowest BCUT2D eigenvalue weighted by Gasteiger charge is -2.15. The Labute approximate surface area is 162 Å². The molecule has 0 aromatic heterocycles. The van der Waals surface area contributed by atoms with Crippen molar-refractivity contribution in [3.63, 3.8) is 0 Å². The van der Waals surface area contributed by atoms with Gasteiger partial charge in [0.1, 0.15) is 0 Å². The minimum absolute atomic E-state index is 0.141. The predicted octanol–water partition coefficient (Wildman–Crippen LogP) is 3.10. The van der Waals surface area contributed by atoms with Crippen LogP contribution >= 0.6 is 11.6 Å². The molecule has 0 aliphatic carbocycles. The van der Waals surface area contributed by atoms with Gasteiger partial charge in [-0.1, -0.05) is 23.7 Å². The second-order valence-corrected chi connectivity index (χ2v) is 6.45. The third kappa shape index (κ3) is 4.41. The molecule has 1 heterocycles. The van der Waals surface area contributed by atoms with Crippen molar-refractivity contribution in [2.24, 2.45) is 0 Å². The number of nitrogens with zero attached hydrogens (tertiary/aromatic N) is 1. The van der Waals surface area contributed by atoms with E-state index in [1.54, 1.807) is 49.3 Å². The third-order valence-corrected chi connectivity index (χ3v) is 4.39. The first-order chi connectivity index (χ1) is 13.0. The number of carbonyl (C=O) groups is 2. The van der Waals surface area contributed by atoms with Crippen LogP contribution in [-0.2, 0) is 11.3 Å². The molecule has 0 radical (unpaired) electrons. The lowest BCUT2D eigenvalue weighted by atomic mass is 10.1. The van der Waals surface area contributed by atoms with Crippen molar-refractivity contribution in [1.29, 1.82) is 0 Å². The molecule has 140 valence electrons. The summed E-state index contributed by atoms with van der Waals surface area (Å²) in [4.78, 5) is 25.5. The van der Waals surface area contributed by atoms with E-state index in [-0.39, 0.29) is 18.6 Å². The van der Waals surface area contributed by atoms with Crippen molar-refractivity contribution >= 4 is 29.5 Å². The highest BCUT2D eigenvalue weighted by atomic mass is 35.5. The van der Waals surface area contributed by atoms with Gasteiger partial charge in [-0.05, 0) is 41.5 Å². The highest BCUT2D eigenvalue weighted by molar-refractivity contribution is 6.32. The number of nitrogens with one attached hydrogen (secondary N) is 1. The molecule has 0 saturated carbocycles. The standard InChI is InChI=1S/C20H19ClN2O4/c1-22-20(25)15-6-3-13(4-7-15)11-23(2)18(24)8-5-14-9-16(21)19-17(10-14)26-12-27-19/h3-10H,11-12H2,1-2H3,(H,22,25)/b8-5+. The van der Waals surface area contributed by atoms with Crippen LogP contribution in [0, 0.1) is 0 Å². The molecule has 1 N–H and O–H groups in total. The number of hydrogen-bond donors (Lipinski definition) is 1. The zero-order valence-electron chi connectivity index (χ0n) is 15.0. The van der Waals surface area contributed by atoms with Gasteiger partial charge in [0.25, 0.3) is 5.91 Å². The molecule has 1 aliphatic rings. The average Bonchev–Trinajstić information content (AvgIpc) is 3.15. The van der Waals surface area contributed by atoms with Gasteiger partial charge in [0.05, 0.1) is 5.02 Å². The maximum absolute atomic E-state index is 12.3. The Balaban J connectivity index is 1.63. The van der Waals surface area contributed by atoms with E-state index in [1.165, 1.54) is 6.08 Å². The molecule has 0 atom stereocenters. The van der Waals surface area contributed by atoms with E-state index in [1.807, 2.05) is 12.1 Å². The molecule has 1 aliphatic heterocycles. The number of benzene rings is 2. The van der Waals surface area contributed by atoms with Crippen molar-refractivity contribution in [1.82, 2.24) is 10.2 Å². The summed E-state index contributed by atoms with van der Waals surface area (Å²) in [6.07, 6.45) is 3.16. The molecule has 3 rings (SSSR count). The van der Waals surface area contributed by atoms with Crippen molar-refractivity contribution in [2.75, 3.05) is 20.9 Å². The highest BCUT2D eigenvalue weighted by Crippen LogP contribution is 2.40. The van der Waals surface area contributed by atoms with E-state index in [0.29, 0.717) is 28.6 Å². The summed E-state index contributed by atoms with van der Waals surface area (Å²) in [5.74, 6) is 0.798. The molecule has 0 saturated heterocycles. The lowest BCUT2D eigenvalue weighted by molar-refractivity contribution is -0.125. The molecule has 0 fully saturated rings. The van der Waals surface area contributed by atoms with E-state index < -0.39 is 0 Å². The quantitative estimate of drug-likeness (QED) is 0.802. The highest BCUT2D eigenvalue weighted by Gasteiger charge is 2.17. The largest absolute Gasteiger partial charge is 0.454 e. The number of likely N-dealkylation sites (N-methyl/N-ethyl adjacent to an activating group) is 1. The topological polar surface area (TPSA) is 67.9 Å². The van der Waals surface area contributed by atoms with E-state index in [4.69, 9.17) is 21.1 Å². The van der Waals surface area contributed by atoms with Crippen LogP contribution in [0.5, 0.6) is 11.5 Å². The number of carbonyl (C=O) groups excluding carboxylic acids is 2. The number of amides is 2. The first-order valence-electron chi connectivity index (χ1n) is 8.31. The van der Waals surface area contributed by atoms with Crippen LogP contribution in [0.4, 0.5) is 0 Å². The smallest absolute Gasteiger partial charge is 0.251 e.